The van der Waals surface area contributed by atoms with Crippen LogP contribution in [0.25, 0.3) is 0 Å². The molecule has 0 radical (unpaired) electrons. The summed E-state index contributed by atoms with van der Waals surface area (Å²) in [7, 11) is -3.25. The molecule has 1 N–H and O–H groups in total. The van der Waals surface area contributed by atoms with Crippen molar-refractivity contribution in [2.24, 2.45) is 0 Å². The highest BCUT2D eigenvalue weighted by Gasteiger charge is 2.26. The summed E-state index contributed by atoms with van der Waals surface area (Å²) in [6.45, 7) is 0.956. The standard InChI is InChI=1S/C16H18N4O3S/c1-24(22,23)20-7-5-14-12(11-20)8-17-10-15(14)16(21)19-9-13-4-2-3-6-18-13/h2-4,6,8,10H,5,7,9,11H2,1H3,(H,19,21). The van der Waals surface area contributed by atoms with E-state index in [0.717, 1.165) is 16.8 Å². The van der Waals surface area contributed by atoms with Gasteiger partial charge in [-0.2, -0.15) is 4.31 Å². The first-order chi connectivity index (χ1) is 11.4. The molecule has 8 heteroatoms. The fourth-order valence-electron chi connectivity index (χ4n) is 2.72. The molecule has 1 amide bonds. The lowest BCUT2D eigenvalue weighted by Crippen LogP contribution is -2.36. The summed E-state index contributed by atoms with van der Waals surface area (Å²) in [4.78, 5) is 20.7. The molecule has 2 aromatic rings. The summed E-state index contributed by atoms with van der Waals surface area (Å²) in [6, 6.07) is 5.51. The maximum atomic E-state index is 12.5. The summed E-state index contributed by atoms with van der Waals surface area (Å²) in [6.07, 6.45) is 6.52. The maximum Gasteiger partial charge on any atom is 0.253 e. The van der Waals surface area contributed by atoms with E-state index in [1.165, 1.54) is 16.8 Å². The molecule has 24 heavy (non-hydrogen) atoms. The molecule has 126 valence electrons. The Balaban J connectivity index is 1.77. The van der Waals surface area contributed by atoms with Gasteiger partial charge in [-0.3, -0.25) is 14.8 Å². The number of rotatable bonds is 4. The molecule has 1 aliphatic heterocycles. The van der Waals surface area contributed by atoms with Crippen molar-refractivity contribution in [3.8, 4) is 0 Å². The van der Waals surface area contributed by atoms with Crippen LogP contribution in [0, 0.1) is 0 Å². The van der Waals surface area contributed by atoms with Crippen LogP contribution in [0.3, 0.4) is 0 Å². The number of nitrogens with zero attached hydrogens (tertiary/aromatic N) is 3. The molecule has 3 rings (SSSR count). The molecule has 1 aliphatic rings. The Morgan fingerprint density at radius 1 is 1.33 bits per heavy atom. The number of hydrogen-bond acceptors (Lipinski definition) is 5. The van der Waals surface area contributed by atoms with Gasteiger partial charge in [0.25, 0.3) is 5.91 Å². The van der Waals surface area contributed by atoms with E-state index >= 15 is 0 Å². The number of amides is 1. The number of carbonyl (C=O) groups excluding carboxylic acids is 1. The first kappa shape index (κ1) is 16.5. The van der Waals surface area contributed by atoms with Crippen molar-refractivity contribution >= 4 is 15.9 Å². The largest absolute Gasteiger partial charge is 0.346 e. The van der Waals surface area contributed by atoms with Crippen LogP contribution < -0.4 is 5.32 Å². The van der Waals surface area contributed by atoms with Gasteiger partial charge in [-0.05, 0) is 29.7 Å². The lowest BCUT2D eigenvalue weighted by atomic mass is 9.98. The van der Waals surface area contributed by atoms with Crippen molar-refractivity contribution < 1.29 is 13.2 Å². The van der Waals surface area contributed by atoms with Gasteiger partial charge in [0.2, 0.25) is 10.0 Å². The second-order valence-corrected chi connectivity index (χ2v) is 7.66. The normalized spacial score (nSPS) is 14.9. The highest BCUT2D eigenvalue weighted by Crippen LogP contribution is 2.23. The van der Waals surface area contributed by atoms with Crippen molar-refractivity contribution in [2.45, 2.75) is 19.5 Å². The van der Waals surface area contributed by atoms with Gasteiger partial charge in [-0.15, -0.1) is 0 Å². The van der Waals surface area contributed by atoms with Gasteiger partial charge in [0, 0.05) is 31.7 Å². The number of carbonyl (C=O) groups is 1. The summed E-state index contributed by atoms with van der Waals surface area (Å²) in [5, 5.41) is 2.83. The Kier molecular flexibility index (Phi) is 4.59. The molecular formula is C16H18N4O3S. The predicted octanol–water partition coefficient (Wildman–Crippen LogP) is 0.724. The molecule has 0 saturated carbocycles. The molecule has 0 spiro atoms. The van der Waals surface area contributed by atoms with Gasteiger partial charge in [-0.25, -0.2) is 8.42 Å². The first-order valence-electron chi connectivity index (χ1n) is 7.54. The highest BCUT2D eigenvalue weighted by molar-refractivity contribution is 7.88. The van der Waals surface area contributed by atoms with Crippen molar-refractivity contribution in [2.75, 3.05) is 12.8 Å². The maximum absolute atomic E-state index is 12.5. The predicted molar refractivity (Wildman–Crippen MR) is 88.6 cm³/mol. The van der Waals surface area contributed by atoms with E-state index in [1.807, 2.05) is 18.2 Å². The molecule has 2 aromatic heterocycles. The summed E-state index contributed by atoms with van der Waals surface area (Å²) in [5.74, 6) is -0.224. The third-order valence-corrected chi connectivity index (χ3v) is 5.22. The van der Waals surface area contributed by atoms with E-state index in [1.54, 1.807) is 12.4 Å². The first-order valence-corrected chi connectivity index (χ1v) is 9.39. The number of hydrogen-bond donors (Lipinski definition) is 1. The van der Waals surface area contributed by atoms with Crippen LogP contribution in [-0.4, -0.2) is 41.4 Å². The molecule has 0 saturated heterocycles. The van der Waals surface area contributed by atoms with E-state index in [-0.39, 0.29) is 12.5 Å². The zero-order valence-corrected chi connectivity index (χ0v) is 14.1. The molecule has 0 atom stereocenters. The van der Waals surface area contributed by atoms with Gasteiger partial charge in [-0.1, -0.05) is 6.07 Å². The van der Waals surface area contributed by atoms with E-state index in [2.05, 4.69) is 15.3 Å². The fourth-order valence-corrected chi connectivity index (χ4v) is 3.51. The SMILES string of the molecule is CS(=O)(=O)N1CCc2c(cncc2C(=O)NCc2ccccn2)C1. The Morgan fingerprint density at radius 2 is 2.17 bits per heavy atom. The molecule has 7 nitrogen and oxygen atoms in total. The van der Waals surface area contributed by atoms with Gasteiger partial charge >= 0.3 is 0 Å². The highest BCUT2D eigenvalue weighted by atomic mass is 32.2. The van der Waals surface area contributed by atoms with Gasteiger partial charge in [0.1, 0.15) is 0 Å². The molecule has 0 aromatic carbocycles. The average molecular weight is 346 g/mol. The molecular weight excluding hydrogens is 328 g/mol. The van der Waals surface area contributed by atoms with Gasteiger partial charge < -0.3 is 5.32 Å². The second kappa shape index (κ2) is 6.66. The third kappa shape index (κ3) is 3.60. The third-order valence-electron chi connectivity index (χ3n) is 3.97. The van der Waals surface area contributed by atoms with Crippen molar-refractivity contribution in [1.29, 1.82) is 0 Å². The molecule has 0 bridgehead atoms. The molecule has 0 aliphatic carbocycles. The minimum Gasteiger partial charge on any atom is -0.346 e. The van der Waals surface area contributed by atoms with Crippen molar-refractivity contribution in [3.63, 3.8) is 0 Å². The monoisotopic (exact) mass is 346 g/mol. The Bertz CT molecular complexity index is 853. The average Bonchev–Trinajstić information content (AvgIpc) is 2.58. The number of fused-ring (bicyclic) bond motifs is 1. The minimum atomic E-state index is -3.25. The quantitative estimate of drug-likeness (QED) is 0.881. The summed E-state index contributed by atoms with van der Waals surface area (Å²) in [5.41, 5.74) is 2.91. The number of pyridine rings is 2. The van der Waals surface area contributed by atoms with E-state index in [0.29, 0.717) is 25.1 Å². The number of aromatic nitrogens is 2. The number of nitrogens with one attached hydrogen (secondary N) is 1. The fraction of sp³-hybridized carbons (Fsp3) is 0.312. The summed E-state index contributed by atoms with van der Waals surface area (Å²) < 4.78 is 24.8. The van der Waals surface area contributed by atoms with Crippen LogP contribution in [0.4, 0.5) is 0 Å². The minimum absolute atomic E-state index is 0.224. The zero-order valence-electron chi connectivity index (χ0n) is 13.3. The van der Waals surface area contributed by atoms with Crippen LogP contribution >= 0.6 is 0 Å². The Morgan fingerprint density at radius 3 is 2.88 bits per heavy atom. The van der Waals surface area contributed by atoms with Crippen LogP contribution in [0.1, 0.15) is 27.2 Å². The second-order valence-electron chi connectivity index (χ2n) is 5.68. The molecule has 0 unspecified atom stereocenters. The van der Waals surface area contributed by atoms with Crippen LogP contribution in [0.15, 0.2) is 36.8 Å². The van der Waals surface area contributed by atoms with E-state index in [9.17, 15) is 13.2 Å². The van der Waals surface area contributed by atoms with Gasteiger partial charge in [0.15, 0.2) is 0 Å². The van der Waals surface area contributed by atoms with Crippen LogP contribution in [0.5, 0.6) is 0 Å². The summed E-state index contributed by atoms with van der Waals surface area (Å²) >= 11 is 0. The number of sulfonamides is 1. The molecule has 3 heterocycles. The van der Waals surface area contributed by atoms with Crippen LogP contribution in [-0.2, 0) is 29.5 Å². The molecule has 0 fully saturated rings. The lowest BCUT2D eigenvalue weighted by Gasteiger charge is -2.27. The van der Waals surface area contributed by atoms with Gasteiger partial charge in [0.05, 0.1) is 24.1 Å². The van der Waals surface area contributed by atoms with E-state index < -0.39 is 10.0 Å². The van der Waals surface area contributed by atoms with Crippen LogP contribution in [0.2, 0.25) is 0 Å². The smallest absolute Gasteiger partial charge is 0.253 e. The Labute approximate surface area is 140 Å². The Hall–Kier alpha value is -2.32. The van der Waals surface area contributed by atoms with Crippen molar-refractivity contribution in [1.82, 2.24) is 19.6 Å². The van der Waals surface area contributed by atoms with E-state index in [4.69, 9.17) is 0 Å². The lowest BCUT2D eigenvalue weighted by molar-refractivity contribution is 0.0948. The zero-order chi connectivity index (χ0) is 17.2. The van der Waals surface area contributed by atoms with Crippen molar-refractivity contribution in [3.05, 3.63) is 59.2 Å². The topological polar surface area (TPSA) is 92.3 Å².